The first kappa shape index (κ1) is 25.1. The number of amides is 1. The Balaban J connectivity index is 1.47. The number of hydrogen-bond acceptors (Lipinski definition) is 6. The average molecular weight is 511 g/mol. The molecule has 1 N–H and O–H groups in total. The van der Waals surface area contributed by atoms with E-state index < -0.39 is 0 Å². The normalized spacial score (nSPS) is 13.2. The lowest BCUT2D eigenvalue weighted by molar-refractivity contribution is 0.0724. The number of hydrogen-bond donors (Lipinski definition) is 1. The van der Waals surface area contributed by atoms with E-state index in [4.69, 9.17) is 9.47 Å². The molecule has 0 spiro atoms. The fourth-order valence-corrected chi connectivity index (χ4v) is 4.46. The predicted molar refractivity (Wildman–Crippen MR) is 147 cm³/mol. The van der Waals surface area contributed by atoms with Gasteiger partial charge >= 0.3 is 0 Å². The number of rotatable bonds is 7. The Morgan fingerprint density at radius 3 is 2.34 bits per heavy atom. The summed E-state index contributed by atoms with van der Waals surface area (Å²) in [7, 11) is 1.59. The van der Waals surface area contributed by atoms with Crippen LogP contribution < -0.4 is 20.3 Å². The second-order valence-corrected chi connectivity index (χ2v) is 9.27. The van der Waals surface area contributed by atoms with Gasteiger partial charge in [-0.05, 0) is 92.4 Å². The Hall–Kier alpha value is -4.59. The fraction of sp³-hybridized carbons (Fsp3) is 0.233. The van der Waals surface area contributed by atoms with E-state index in [2.05, 4.69) is 10.4 Å². The van der Waals surface area contributed by atoms with E-state index in [1.807, 2.05) is 36.1 Å². The highest BCUT2D eigenvalue weighted by atomic mass is 16.5. The van der Waals surface area contributed by atoms with E-state index in [1.54, 1.807) is 55.6 Å². The molecule has 0 radical (unpaired) electrons. The summed E-state index contributed by atoms with van der Waals surface area (Å²) >= 11 is 0. The molecule has 0 unspecified atom stereocenters. The van der Waals surface area contributed by atoms with Crippen LogP contribution in [0.3, 0.4) is 0 Å². The van der Waals surface area contributed by atoms with Crippen LogP contribution >= 0.6 is 0 Å². The summed E-state index contributed by atoms with van der Waals surface area (Å²) in [5.74, 6) is 1.60. The maximum Gasteiger partial charge on any atom is 0.299 e. The third-order valence-electron chi connectivity index (χ3n) is 6.52. The predicted octanol–water partition coefficient (Wildman–Crippen LogP) is 5.71. The lowest BCUT2D eigenvalue weighted by atomic mass is 10.1. The third kappa shape index (κ3) is 5.54. The molecule has 0 saturated carbocycles. The number of aryl methyl sites for hydroxylation is 1. The van der Waals surface area contributed by atoms with Crippen LogP contribution in [-0.4, -0.2) is 40.8 Å². The van der Waals surface area contributed by atoms with E-state index >= 15 is 0 Å². The molecule has 4 aromatic rings. The van der Waals surface area contributed by atoms with Crippen molar-refractivity contribution in [1.29, 1.82) is 0 Å². The number of nitrogens with one attached hydrogen (secondary N) is 1. The number of ether oxygens (including phenoxy) is 2. The van der Waals surface area contributed by atoms with Gasteiger partial charge in [0.1, 0.15) is 11.5 Å². The van der Waals surface area contributed by atoms with Crippen LogP contribution in [0.15, 0.2) is 83.8 Å². The van der Waals surface area contributed by atoms with Crippen molar-refractivity contribution in [1.82, 2.24) is 14.7 Å². The number of aromatic nitrogens is 2. The van der Waals surface area contributed by atoms with Crippen molar-refractivity contribution in [2.45, 2.75) is 26.2 Å². The summed E-state index contributed by atoms with van der Waals surface area (Å²) in [5, 5.41) is 7.57. The first-order valence-electron chi connectivity index (χ1n) is 12.7. The van der Waals surface area contributed by atoms with Crippen molar-refractivity contribution in [3.63, 3.8) is 0 Å². The molecule has 194 valence electrons. The Labute approximate surface area is 221 Å². The molecule has 2 heterocycles. The van der Waals surface area contributed by atoms with Crippen LogP contribution in [0, 0.1) is 6.92 Å². The van der Waals surface area contributed by atoms with E-state index in [0.717, 1.165) is 31.5 Å². The van der Waals surface area contributed by atoms with Gasteiger partial charge in [0.25, 0.3) is 11.5 Å². The number of carbonyl (C=O) groups excluding carboxylic acids is 1. The Morgan fingerprint density at radius 1 is 0.921 bits per heavy atom. The average Bonchev–Trinajstić information content (AvgIpc) is 2.95. The van der Waals surface area contributed by atoms with Crippen molar-refractivity contribution in [2.75, 3.05) is 25.5 Å². The van der Waals surface area contributed by atoms with Gasteiger partial charge in [-0.25, -0.2) is 0 Å². The number of benzene rings is 3. The minimum absolute atomic E-state index is 0.0329. The van der Waals surface area contributed by atoms with Crippen LogP contribution in [-0.2, 0) is 0 Å². The molecule has 1 fully saturated rings. The zero-order chi connectivity index (χ0) is 26.5. The molecule has 0 atom stereocenters. The molecule has 1 aliphatic heterocycles. The number of piperidine rings is 1. The highest BCUT2D eigenvalue weighted by molar-refractivity contribution is 5.94. The van der Waals surface area contributed by atoms with Gasteiger partial charge in [0.2, 0.25) is 0 Å². The van der Waals surface area contributed by atoms with Crippen LogP contribution in [0.5, 0.6) is 17.2 Å². The first-order valence-corrected chi connectivity index (χ1v) is 12.7. The molecule has 5 rings (SSSR count). The standard InChI is InChI=1S/C30H30N4O4/c1-21-7-6-8-26(19-21)38-27-20-31-34(24-13-15-25(37-2)16-14-24)30(36)28(27)32-23-11-9-22(10-12-23)29(35)33-17-4-3-5-18-33/h6-16,19-20,32H,3-5,17-18H2,1-2H3. The largest absolute Gasteiger partial charge is 0.497 e. The monoisotopic (exact) mass is 510 g/mol. The molecule has 38 heavy (non-hydrogen) atoms. The van der Waals surface area contributed by atoms with Crippen molar-refractivity contribution in [3.05, 3.63) is 100 Å². The second kappa shape index (κ2) is 11.2. The van der Waals surface area contributed by atoms with Gasteiger partial charge in [0, 0.05) is 24.3 Å². The molecule has 0 aliphatic carbocycles. The van der Waals surface area contributed by atoms with E-state index in [0.29, 0.717) is 34.2 Å². The zero-order valence-corrected chi connectivity index (χ0v) is 21.5. The van der Waals surface area contributed by atoms with Crippen LogP contribution in [0.1, 0.15) is 35.2 Å². The molecular formula is C30H30N4O4. The minimum Gasteiger partial charge on any atom is -0.497 e. The molecule has 1 aliphatic rings. The SMILES string of the molecule is COc1ccc(-n2ncc(Oc3cccc(C)c3)c(Nc3ccc(C(=O)N4CCCCC4)cc3)c2=O)cc1. The molecule has 8 nitrogen and oxygen atoms in total. The van der Waals surface area contributed by atoms with E-state index in [-0.39, 0.29) is 17.2 Å². The lowest BCUT2D eigenvalue weighted by Crippen LogP contribution is -2.35. The number of nitrogens with zero attached hydrogens (tertiary/aromatic N) is 3. The molecule has 8 heteroatoms. The molecule has 1 saturated heterocycles. The van der Waals surface area contributed by atoms with Gasteiger partial charge in [-0.2, -0.15) is 9.78 Å². The summed E-state index contributed by atoms with van der Waals surface area (Å²) in [5.41, 5.74) is 2.74. The maximum atomic E-state index is 13.7. The summed E-state index contributed by atoms with van der Waals surface area (Å²) in [6, 6.07) is 21.8. The third-order valence-corrected chi connectivity index (χ3v) is 6.52. The number of anilines is 2. The zero-order valence-electron chi connectivity index (χ0n) is 21.5. The smallest absolute Gasteiger partial charge is 0.299 e. The lowest BCUT2D eigenvalue weighted by Gasteiger charge is -2.26. The Kier molecular flexibility index (Phi) is 7.40. The van der Waals surface area contributed by atoms with E-state index in [9.17, 15) is 9.59 Å². The second-order valence-electron chi connectivity index (χ2n) is 9.27. The summed E-state index contributed by atoms with van der Waals surface area (Å²) in [4.78, 5) is 28.4. The van der Waals surface area contributed by atoms with Gasteiger partial charge in [-0.3, -0.25) is 9.59 Å². The summed E-state index contributed by atoms with van der Waals surface area (Å²) < 4.78 is 12.6. The van der Waals surface area contributed by atoms with Gasteiger partial charge in [-0.15, -0.1) is 0 Å². The topological polar surface area (TPSA) is 85.7 Å². The number of methoxy groups -OCH3 is 1. The summed E-state index contributed by atoms with van der Waals surface area (Å²) in [6.07, 6.45) is 4.76. The Morgan fingerprint density at radius 2 is 1.66 bits per heavy atom. The van der Waals surface area contributed by atoms with Gasteiger partial charge in [0.15, 0.2) is 11.4 Å². The van der Waals surface area contributed by atoms with Gasteiger partial charge in [0.05, 0.1) is 19.0 Å². The minimum atomic E-state index is -0.381. The van der Waals surface area contributed by atoms with Crippen molar-refractivity contribution >= 4 is 17.3 Å². The highest BCUT2D eigenvalue weighted by Gasteiger charge is 2.19. The molecular weight excluding hydrogens is 480 g/mol. The highest BCUT2D eigenvalue weighted by Crippen LogP contribution is 2.29. The molecule has 1 aromatic heterocycles. The van der Waals surface area contributed by atoms with Crippen molar-refractivity contribution < 1.29 is 14.3 Å². The van der Waals surface area contributed by atoms with Crippen LogP contribution in [0.4, 0.5) is 11.4 Å². The molecule has 3 aromatic carbocycles. The first-order chi connectivity index (χ1) is 18.5. The van der Waals surface area contributed by atoms with E-state index in [1.165, 1.54) is 17.3 Å². The van der Waals surface area contributed by atoms with Crippen LogP contribution in [0.25, 0.3) is 5.69 Å². The quantitative estimate of drug-likeness (QED) is 0.343. The molecule has 1 amide bonds. The fourth-order valence-electron chi connectivity index (χ4n) is 4.46. The van der Waals surface area contributed by atoms with Gasteiger partial charge < -0.3 is 19.7 Å². The van der Waals surface area contributed by atoms with Crippen LogP contribution in [0.2, 0.25) is 0 Å². The van der Waals surface area contributed by atoms with Crippen molar-refractivity contribution in [3.8, 4) is 22.9 Å². The summed E-state index contributed by atoms with van der Waals surface area (Å²) in [6.45, 7) is 3.56. The van der Waals surface area contributed by atoms with Gasteiger partial charge in [-0.1, -0.05) is 12.1 Å². The molecule has 0 bridgehead atoms. The van der Waals surface area contributed by atoms with Crippen molar-refractivity contribution in [2.24, 2.45) is 0 Å². The number of likely N-dealkylation sites (tertiary alicyclic amines) is 1. The maximum absolute atomic E-state index is 13.7. The number of carbonyl (C=O) groups is 1. The Bertz CT molecular complexity index is 1470.